The minimum atomic E-state index is -4.41. The Morgan fingerprint density at radius 2 is 2.09 bits per heavy atom. The molecule has 0 radical (unpaired) electrons. The summed E-state index contributed by atoms with van der Waals surface area (Å²) in [6.07, 6.45) is -3.23. The number of hydrogen-bond donors (Lipinski definition) is 1. The predicted molar refractivity (Wildman–Crippen MR) is 76.5 cm³/mol. The molecule has 3 rings (SSSR count). The molecule has 4 nitrogen and oxygen atoms in total. The maximum absolute atomic E-state index is 13.3. The van der Waals surface area contributed by atoms with Crippen LogP contribution in [0.15, 0.2) is 35.0 Å². The van der Waals surface area contributed by atoms with Crippen LogP contribution >= 0.6 is 0 Å². The van der Waals surface area contributed by atoms with Crippen LogP contribution in [0.4, 0.5) is 13.2 Å². The number of likely N-dealkylation sites (tertiary alicyclic amines) is 1. The van der Waals surface area contributed by atoms with Gasteiger partial charge in [0.15, 0.2) is 0 Å². The summed E-state index contributed by atoms with van der Waals surface area (Å²) in [5, 5.41) is 13.7. The van der Waals surface area contributed by atoms with Crippen LogP contribution in [0.25, 0.3) is 0 Å². The highest BCUT2D eigenvalue weighted by atomic mass is 19.4. The van der Waals surface area contributed by atoms with Gasteiger partial charge in [0.25, 0.3) is 0 Å². The average Bonchev–Trinajstić information content (AvgIpc) is 3.05. The van der Waals surface area contributed by atoms with E-state index in [1.165, 1.54) is 12.1 Å². The standard InChI is InChI=1S/C16H17F3N2O2/c1-10-11(7-20-23-10)8-21-9-12(22)6-15(21)13-4-2-3-5-14(13)16(17,18)19/h2-5,7,12,15,22H,6,8-9H2,1H3/t12-,15+/m0/s1. The number of halogens is 3. The summed E-state index contributed by atoms with van der Waals surface area (Å²) in [4.78, 5) is 1.84. The van der Waals surface area contributed by atoms with E-state index in [0.717, 1.165) is 11.6 Å². The molecule has 2 aromatic rings. The van der Waals surface area contributed by atoms with Gasteiger partial charge in [-0.3, -0.25) is 4.90 Å². The predicted octanol–water partition coefficient (Wildman–Crippen LogP) is 3.31. The molecule has 1 N–H and O–H groups in total. The molecule has 0 amide bonds. The molecule has 1 aliphatic rings. The molecule has 0 aliphatic carbocycles. The van der Waals surface area contributed by atoms with Gasteiger partial charge in [-0.2, -0.15) is 13.2 Å². The molecule has 1 saturated heterocycles. The van der Waals surface area contributed by atoms with Crippen LogP contribution in [0, 0.1) is 6.92 Å². The minimum Gasteiger partial charge on any atom is -0.392 e. The van der Waals surface area contributed by atoms with Crippen LogP contribution in [0.2, 0.25) is 0 Å². The molecule has 7 heteroatoms. The lowest BCUT2D eigenvalue weighted by atomic mass is 9.97. The largest absolute Gasteiger partial charge is 0.416 e. The molecular weight excluding hydrogens is 309 g/mol. The van der Waals surface area contributed by atoms with Crippen LogP contribution in [0.1, 0.15) is 34.9 Å². The lowest BCUT2D eigenvalue weighted by molar-refractivity contribution is -0.138. The highest BCUT2D eigenvalue weighted by Gasteiger charge is 2.39. The van der Waals surface area contributed by atoms with Crippen molar-refractivity contribution < 1.29 is 22.8 Å². The maximum atomic E-state index is 13.3. The molecule has 0 spiro atoms. The lowest BCUT2D eigenvalue weighted by Gasteiger charge is -2.26. The topological polar surface area (TPSA) is 49.5 Å². The van der Waals surface area contributed by atoms with E-state index in [9.17, 15) is 18.3 Å². The van der Waals surface area contributed by atoms with Crippen LogP contribution in [0.3, 0.4) is 0 Å². The van der Waals surface area contributed by atoms with Crippen molar-refractivity contribution in [3.63, 3.8) is 0 Å². The summed E-state index contributed by atoms with van der Waals surface area (Å²) in [6.45, 7) is 2.47. The molecule has 1 aliphatic heterocycles. The summed E-state index contributed by atoms with van der Waals surface area (Å²) in [5.41, 5.74) is 0.366. The van der Waals surface area contributed by atoms with Crippen LogP contribution in [0.5, 0.6) is 0 Å². The second kappa shape index (κ2) is 5.98. The first-order valence-corrected chi connectivity index (χ1v) is 7.34. The molecule has 2 heterocycles. The molecule has 1 aromatic heterocycles. The fraction of sp³-hybridized carbons (Fsp3) is 0.438. The van der Waals surface area contributed by atoms with Crippen LogP contribution < -0.4 is 0 Å². The first-order valence-electron chi connectivity index (χ1n) is 7.34. The maximum Gasteiger partial charge on any atom is 0.416 e. The Morgan fingerprint density at radius 1 is 1.35 bits per heavy atom. The number of aromatic nitrogens is 1. The highest BCUT2D eigenvalue weighted by molar-refractivity contribution is 5.33. The van der Waals surface area contributed by atoms with Crippen molar-refractivity contribution in [2.75, 3.05) is 6.54 Å². The van der Waals surface area contributed by atoms with Gasteiger partial charge in [-0.15, -0.1) is 0 Å². The third-order valence-electron chi connectivity index (χ3n) is 4.23. The molecule has 0 unspecified atom stereocenters. The van der Waals surface area contributed by atoms with Crippen molar-refractivity contribution in [3.05, 3.63) is 52.9 Å². The zero-order valence-corrected chi connectivity index (χ0v) is 12.5. The van der Waals surface area contributed by atoms with Gasteiger partial charge in [-0.05, 0) is 25.0 Å². The number of benzene rings is 1. The number of hydrogen-bond acceptors (Lipinski definition) is 4. The van der Waals surface area contributed by atoms with Gasteiger partial charge in [-0.25, -0.2) is 0 Å². The highest BCUT2D eigenvalue weighted by Crippen LogP contribution is 2.41. The average molecular weight is 326 g/mol. The number of aryl methyl sites for hydroxylation is 1. The monoisotopic (exact) mass is 326 g/mol. The molecule has 1 aromatic carbocycles. The zero-order chi connectivity index (χ0) is 16.6. The zero-order valence-electron chi connectivity index (χ0n) is 12.5. The van der Waals surface area contributed by atoms with E-state index < -0.39 is 23.9 Å². The first kappa shape index (κ1) is 16.0. The number of nitrogens with zero attached hydrogens (tertiary/aromatic N) is 2. The van der Waals surface area contributed by atoms with E-state index in [4.69, 9.17) is 4.52 Å². The summed E-state index contributed by atoms with van der Waals surface area (Å²) in [6, 6.07) is 5.06. The lowest BCUT2D eigenvalue weighted by Crippen LogP contribution is -2.26. The van der Waals surface area contributed by atoms with Gasteiger partial charge >= 0.3 is 6.18 Å². The summed E-state index contributed by atoms with van der Waals surface area (Å²) < 4.78 is 44.8. The van der Waals surface area contributed by atoms with Crippen molar-refractivity contribution in [3.8, 4) is 0 Å². The van der Waals surface area contributed by atoms with E-state index >= 15 is 0 Å². The Hall–Kier alpha value is -1.86. The van der Waals surface area contributed by atoms with E-state index in [-0.39, 0.29) is 12.0 Å². The quantitative estimate of drug-likeness (QED) is 0.940. The van der Waals surface area contributed by atoms with Crippen molar-refractivity contribution in [1.82, 2.24) is 10.1 Å². The molecule has 1 fully saturated rings. The molecule has 0 saturated carbocycles. The Balaban J connectivity index is 1.93. The Kier molecular flexibility index (Phi) is 4.16. The van der Waals surface area contributed by atoms with E-state index in [2.05, 4.69) is 5.16 Å². The summed E-state index contributed by atoms with van der Waals surface area (Å²) >= 11 is 0. The van der Waals surface area contributed by atoms with Gasteiger partial charge in [0, 0.05) is 24.7 Å². The van der Waals surface area contributed by atoms with Crippen molar-refractivity contribution >= 4 is 0 Å². The van der Waals surface area contributed by atoms with Crippen molar-refractivity contribution in [2.45, 2.75) is 38.2 Å². The number of aliphatic hydroxyl groups excluding tert-OH is 1. The third kappa shape index (κ3) is 3.25. The molecule has 124 valence electrons. The van der Waals surface area contributed by atoms with Crippen LogP contribution in [-0.2, 0) is 12.7 Å². The number of rotatable bonds is 3. The summed E-state index contributed by atoms with van der Waals surface area (Å²) in [5.74, 6) is 0.634. The van der Waals surface area contributed by atoms with Gasteiger partial charge in [0.2, 0.25) is 0 Å². The van der Waals surface area contributed by atoms with E-state index in [1.54, 1.807) is 19.2 Å². The molecular formula is C16H17F3N2O2. The molecule has 0 bridgehead atoms. The smallest absolute Gasteiger partial charge is 0.392 e. The second-order valence-electron chi connectivity index (χ2n) is 5.83. The minimum absolute atomic E-state index is 0.200. The molecule has 2 atom stereocenters. The van der Waals surface area contributed by atoms with E-state index in [0.29, 0.717) is 18.8 Å². The fourth-order valence-electron chi connectivity index (χ4n) is 3.11. The number of alkyl halides is 3. The van der Waals surface area contributed by atoms with Gasteiger partial charge < -0.3 is 9.63 Å². The first-order chi connectivity index (χ1) is 10.9. The normalized spacial score (nSPS) is 22.7. The Labute approximate surface area is 131 Å². The fourth-order valence-corrected chi connectivity index (χ4v) is 3.11. The van der Waals surface area contributed by atoms with Gasteiger partial charge in [-0.1, -0.05) is 23.4 Å². The Bertz CT molecular complexity index is 684. The third-order valence-corrected chi connectivity index (χ3v) is 4.23. The van der Waals surface area contributed by atoms with Crippen molar-refractivity contribution in [1.29, 1.82) is 0 Å². The number of aliphatic hydroxyl groups is 1. The van der Waals surface area contributed by atoms with Gasteiger partial charge in [0.05, 0.1) is 17.9 Å². The van der Waals surface area contributed by atoms with Crippen molar-refractivity contribution in [2.24, 2.45) is 0 Å². The summed E-state index contributed by atoms with van der Waals surface area (Å²) in [7, 11) is 0. The van der Waals surface area contributed by atoms with E-state index in [1.807, 2.05) is 4.90 Å². The van der Waals surface area contributed by atoms with Crippen LogP contribution in [-0.4, -0.2) is 27.8 Å². The Morgan fingerprint density at radius 3 is 2.74 bits per heavy atom. The number of β-amino-alcohol motifs (C(OH)–C–C–N with tert-alkyl or cyclic N) is 1. The molecule has 23 heavy (non-hydrogen) atoms. The second-order valence-corrected chi connectivity index (χ2v) is 5.83. The SMILES string of the molecule is Cc1oncc1CN1C[C@@H](O)C[C@@H]1c1ccccc1C(F)(F)F. The van der Waals surface area contributed by atoms with Gasteiger partial charge in [0.1, 0.15) is 5.76 Å².